The van der Waals surface area contributed by atoms with E-state index >= 15 is 0 Å². The van der Waals surface area contributed by atoms with Crippen molar-refractivity contribution in [2.24, 2.45) is 0 Å². The van der Waals surface area contributed by atoms with Crippen LogP contribution in [0.5, 0.6) is 0 Å². The van der Waals surface area contributed by atoms with E-state index in [2.05, 4.69) is 92.9 Å². The number of rotatable bonds is 4. The Morgan fingerprint density at radius 1 is 1.00 bits per heavy atom. The molecule has 0 saturated heterocycles. The van der Waals surface area contributed by atoms with E-state index in [1.165, 1.54) is 37.0 Å². The lowest BCUT2D eigenvalue weighted by atomic mass is 9.89. The lowest BCUT2D eigenvalue weighted by Crippen LogP contribution is -2.24. The molecule has 2 aromatic rings. The van der Waals surface area contributed by atoms with Gasteiger partial charge in [0.1, 0.15) is 0 Å². The average Bonchev–Trinajstić information content (AvgIpc) is 2.40. The van der Waals surface area contributed by atoms with Gasteiger partial charge in [0.25, 0.3) is 0 Å². The Bertz CT molecular complexity index is 623. The van der Waals surface area contributed by atoms with E-state index in [1.54, 1.807) is 0 Å². The molecule has 0 aliphatic rings. The highest BCUT2D eigenvalue weighted by molar-refractivity contribution is 14.1. The summed E-state index contributed by atoms with van der Waals surface area (Å²) in [5, 5.41) is 3.68. The van der Waals surface area contributed by atoms with E-state index in [9.17, 15) is 0 Å². The van der Waals surface area contributed by atoms with E-state index in [4.69, 9.17) is 0 Å². The highest BCUT2D eigenvalue weighted by atomic mass is 127. The Balaban J connectivity index is 2.62. The van der Waals surface area contributed by atoms with Gasteiger partial charge in [0, 0.05) is 3.57 Å². The molecule has 0 aliphatic carbocycles. The minimum atomic E-state index is 0.266. The topological polar surface area (TPSA) is 12.0 Å². The Morgan fingerprint density at radius 3 is 2.19 bits per heavy atom. The first-order valence-corrected chi connectivity index (χ1v) is 8.59. The van der Waals surface area contributed by atoms with Crippen molar-refractivity contribution in [3.8, 4) is 0 Å². The summed E-state index contributed by atoms with van der Waals surface area (Å²) in [5.41, 5.74) is 8.23. The summed E-state index contributed by atoms with van der Waals surface area (Å²) >= 11 is 2.48. The molecule has 0 heterocycles. The molecule has 1 nitrogen and oxygen atoms in total. The molecule has 2 aromatic carbocycles. The molecular formula is C19H24IN. The Morgan fingerprint density at radius 2 is 1.62 bits per heavy atom. The number of benzene rings is 2. The van der Waals surface area contributed by atoms with Gasteiger partial charge in [0.05, 0.1) is 6.04 Å². The molecule has 1 N–H and O–H groups in total. The maximum absolute atomic E-state index is 3.68. The Labute approximate surface area is 142 Å². The summed E-state index contributed by atoms with van der Waals surface area (Å²) in [6.07, 6.45) is 0. The number of hydrogen-bond donors (Lipinski definition) is 1. The first-order chi connectivity index (χ1) is 9.95. The minimum absolute atomic E-state index is 0.266. The SMILES string of the molecule is CCNC(c1cccc(C)c1I)c1c(C)cc(C)cc1C. The van der Waals surface area contributed by atoms with Gasteiger partial charge in [-0.25, -0.2) is 0 Å². The number of aryl methyl sites for hydroxylation is 4. The molecule has 21 heavy (non-hydrogen) atoms. The minimum Gasteiger partial charge on any atom is -0.306 e. The van der Waals surface area contributed by atoms with Crippen LogP contribution in [0.2, 0.25) is 0 Å². The largest absolute Gasteiger partial charge is 0.306 e. The van der Waals surface area contributed by atoms with E-state index in [0.717, 1.165) is 6.54 Å². The second-order valence-corrected chi connectivity index (χ2v) is 6.86. The van der Waals surface area contributed by atoms with Crippen LogP contribution in [0.4, 0.5) is 0 Å². The van der Waals surface area contributed by atoms with Crippen LogP contribution in [-0.2, 0) is 0 Å². The zero-order valence-electron chi connectivity index (χ0n) is 13.5. The van der Waals surface area contributed by atoms with Crippen LogP contribution in [0.1, 0.15) is 46.3 Å². The van der Waals surface area contributed by atoms with Gasteiger partial charge in [-0.15, -0.1) is 0 Å². The Kier molecular flexibility index (Phi) is 5.44. The van der Waals surface area contributed by atoms with E-state index in [1.807, 2.05) is 0 Å². The average molecular weight is 393 g/mol. The highest BCUT2D eigenvalue weighted by Gasteiger charge is 2.20. The lowest BCUT2D eigenvalue weighted by Gasteiger charge is -2.25. The second-order valence-electron chi connectivity index (χ2n) is 5.78. The molecule has 0 fully saturated rings. The van der Waals surface area contributed by atoms with Gasteiger partial charge in [-0.3, -0.25) is 0 Å². The van der Waals surface area contributed by atoms with Crippen molar-refractivity contribution in [1.82, 2.24) is 5.32 Å². The molecule has 0 radical (unpaired) electrons. The molecule has 0 spiro atoms. The van der Waals surface area contributed by atoms with Gasteiger partial charge < -0.3 is 5.32 Å². The van der Waals surface area contributed by atoms with Crippen molar-refractivity contribution >= 4 is 22.6 Å². The summed E-state index contributed by atoms with van der Waals surface area (Å²) in [6, 6.07) is 11.4. The van der Waals surface area contributed by atoms with E-state index in [0.29, 0.717) is 0 Å². The first kappa shape index (κ1) is 16.5. The van der Waals surface area contributed by atoms with Crippen LogP contribution in [0.15, 0.2) is 30.3 Å². The van der Waals surface area contributed by atoms with E-state index in [-0.39, 0.29) is 6.04 Å². The first-order valence-electron chi connectivity index (χ1n) is 7.51. The van der Waals surface area contributed by atoms with Crippen LogP contribution >= 0.6 is 22.6 Å². The van der Waals surface area contributed by atoms with Crippen LogP contribution in [0.25, 0.3) is 0 Å². The predicted octanol–water partition coefficient (Wildman–Crippen LogP) is 5.22. The zero-order valence-corrected chi connectivity index (χ0v) is 15.7. The third-order valence-electron chi connectivity index (χ3n) is 3.97. The van der Waals surface area contributed by atoms with Crippen molar-refractivity contribution in [3.63, 3.8) is 0 Å². The van der Waals surface area contributed by atoms with Crippen molar-refractivity contribution in [2.45, 2.75) is 40.7 Å². The van der Waals surface area contributed by atoms with Crippen molar-refractivity contribution in [3.05, 3.63) is 67.3 Å². The molecule has 0 amide bonds. The summed E-state index contributed by atoms with van der Waals surface area (Å²) in [7, 11) is 0. The summed E-state index contributed by atoms with van der Waals surface area (Å²) in [5.74, 6) is 0. The summed E-state index contributed by atoms with van der Waals surface area (Å²) in [4.78, 5) is 0. The molecule has 2 heteroatoms. The zero-order chi connectivity index (χ0) is 15.6. The highest BCUT2D eigenvalue weighted by Crippen LogP contribution is 2.32. The van der Waals surface area contributed by atoms with Gasteiger partial charge >= 0.3 is 0 Å². The van der Waals surface area contributed by atoms with Crippen molar-refractivity contribution < 1.29 is 0 Å². The molecular weight excluding hydrogens is 369 g/mol. The number of halogens is 1. The molecule has 0 saturated carbocycles. The quantitative estimate of drug-likeness (QED) is 0.702. The molecule has 2 rings (SSSR count). The van der Waals surface area contributed by atoms with Crippen LogP contribution in [0, 0.1) is 31.3 Å². The van der Waals surface area contributed by atoms with Crippen molar-refractivity contribution in [2.75, 3.05) is 6.54 Å². The van der Waals surface area contributed by atoms with Crippen LogP contribution in [0.3, 0.4) is 0 Å². The van der Waals surface area contributed by atoms with Gasteiger partial charge in [-0.05, 0) is 84.6 Å². The fourth-order valence-corrected chi connectivity index (χ4v) is 3.78. The third kappa shape index (κ3) is 3.49. The van der Waals surface area contributed by atoms with E-state index < -0.39 is 0 Å². The van der Waals surface area contributed by atoms with Gasteiger partial charge in [-0.1, -0.05) is 42.8 Å². The summed E-state index contributed by atoms with van der Waals surface area (Å²) < 4.78 is 1.36. The van der Waals surface area contributed by atoms with Gasteiger partial charge in [-0.2, -0.15) is 0 Å². The maximum Gasteiger partial charge on any atom is 0.0592 e. The fraction of sp³-hybridized carbons (Fsp3) is 0.368. The summed E-state index contributed by atoms with van der Waals surface area (Å²) in [6.45, 7) is 11.9. The molecule has 1 unspecified atom stereocenters. The molecule has 0 bridgehead atoms. The normalized spacial score (nSPS) is 12.5. The third-order valence-corrected chi connectivity index (χ3v) is 5.44. The molecule has 0 aromatic heterocycles. The van der Waals surface area contributed by atoms with Crippen LogP contribution in [-0.4, -0.2) is 6.54 Å². The smallest absolute Gasteiger partial charge is 0.0592 e. The number of nitrogens with one attached hydrogen (secondary N) is 1. The van der Waals surface area contributed by atoms with Crippen LogP contribution < -0.4 is 5.32 Å². The van der Waals surface area contributed by atoms with Crippen molar-refractivity contribution in [1.29, 1.82) is 0 Å². The monoisotopic (exact) mass is 393 g/mol. The Hall–Kier alpha value is -0.870. The lowest BCUT2D eigenvalue weighted by molar-refractivity contribution is 0.621. The number of hydrogen-bond acceptors (Lipinski definition) is 1. The van der Waals surface area contributed by atoms with Gasteiger partial charge in [0.15, 0.2) is 0 Å². The maximum atomic E-state index is 3.68. The molecule has 112 valence electrons. The fourth-order valence-electron chi connectivity index (χ4n) is 3.11. The standard InChI is InChI=1S/C19H24IN/c1-6-21-19(16-9-7-8-13(3)18(16)20)17-14(4)10-12(2)11-15(17)5/h7-11,19,21H,6H2,1-5H3. The molecule has 1 atom stereocenters. The second kappa shape index (κ2) is 6.93. The predicted molar refractivity (Wildman–Crippen MR) is 100 cm³/mol. The molecule has 0 aliphatic heterocycles. The van der Waals surface area contributed by atoms with Gasteiger partial charge in [0.2, 0.25) is 0 Å².